The van der Waals surface area contributed by atoms with Gasteiger partial charge in [0.25, 0.3) is 0 Å². The molecule has 0 heterocycles. The molecule has 2 nitrogen and oxygen atoms in total. The molecule has 1 atom stereocenters. The molecular weight excluding hydrogens is 274 g/mol. The number of hydrogen-bond acceptors (Lipinski definition) is 2. The molecule has 1 aromatic rings. The minimum absolute atomic E-state index is 0.0948. The Bertz CT molecular complexity index is 463. The van der Waals surface area contributed by atoms with Crippen LogP contribution in [0.1, 0.15) is 25.7 Å². The van der Waals surface area contributed by atoms with Crippen molar-refractivity contribution in [1.29, 1.82) is 0 Å². The first-order valence-electron chi connectivity index (χ1n) is 6.22. The lowest BCUT2D eigenvalue weighted by molar-refractivity contribution is -0.122. The van der Waals surface area contributed by atoms with E-state index in [1.807, 2.05) is 0 Å². The molecule has 5 heteroatoms. The lowest BCUT2D eigenvalue weighted by Gasteiger charge is -2.10. The molecule has 0 aromatic heterocycles. The molecule has 0 amide bonds. The lowest BCUT2D eigenvalue weighted by Crippen LogP contribution is -2.16. The highest BCUT2D eigenvalue weighted by Crippen LogP contribution is 2.40. The van der Waals surface area contributed by atoms with Crippen LogP contribution in [0.4, 0.5) is 8.78 Å². The van der Waals surface area contributed by atoms with Gasteiger partial charge in [0.15, 0.2) is 5.78 Å². The van der Waals surface area contributed by atoms with Crippen LogP contribution in [-0.4, -0.2) is 18.3 Å². The van der Waals surface area contributed by atoms with Crippen LogP contribution in [0.3, 0.4) is 0 Å². The van der Waals surface area contributed by atoms with Gasteiger partial charge in [-0.15, -0.1) is 0 Å². The van der Waals surface area contributed by atoms with Gasteiger partial charge < -0.3 is 4.74 Å². The second-order valence-corrected chi connectivity index (χ2v) is 5.39. The Morgan fingerprint density at radius 1 is 1.47 bits per heavy atom. The predicted molar refractivity (Wildman–Crippen MR) is 68.9 cm³/mol. The number of alkyl halides is 2. The topological polar surface area (TPSA) is 26.3 Å². The van der Waals surface area contributed by atoms with E-state index in [2.05, 4.69) is 0 Å². The van der Waals surface area contributed by atoms with Crippen molar-refractivity contribution in [2.75, 3.05) is 6.61 Å². The molecular formula is C14H15ClF2O2. The van der Waals surface area contributed by atoms with Crippen LogP contribution in [0, 0.1) is 5.92 Å². The van der Waals surface area contributed by atoms with E-state index in [-0.39, 0.29) is 37.6 Å². The maximum absolute atomic E-state index is 13.0. The molecule has 1 aliphatic rings. The van der Waals surface area contributed by atoms with E-state index in [0.717, 1.165) is 0 Å². The van der Waals surface area contributed by atoms with Crippen LogP contribution in [0.15, 0.2) is 24.3 Å². The quantitative estimate of drug-likeness (QED) is 0.815. The Morgan fingerprint density at radius 2 is 2.26 bits per heavy atom. The SMILES string of the molecule is O=C(COc1cccc(Cl)c1)CC1CCC(F)(F)C1. The molecule has 1 unspecified atom stereocenters. The van der Waals surface area contributed by atoms with E-state index in [1.165, 1.54) is 0 Å². The zero-order chi connectivity index (χ0) is 13.9. The molecule has 0 spiro atoms. The highest BCUT2D eigenvalue weighted by atomic mass is 35.5. The van der Waals surface area contributed by atoms with Crippen LogP contribution in [-0.2, 0) is 4.79 Å². The van der Waals surface area contributed by atoms with Gasteiger partial charge in [0.2, 0.25) is 5.92 Å². The number of carbonyl (C=O) groups is 1. The van der Waals surface area contributed by atoms with Crippen molar-refractivity contribution in [2.45, 2.75) is 31.6 Å². The number of hydrogen-bond donors (Lipinski definition) is 0. The monoisotopic (exact) mass is 288 g/mol. The summed E-state index contributed by atoms with van der Waals surface area (Å²) < 4.78 is 31.3. The number of ether oxygens (including phenoxy) is 1. The Kier molecular flexibility index (Phi) is 4.40. The average molecular weight is 289 g/mol. The van der Waals surface area contributed by atoms with Crippen LogP contribution >= 0.6 is 11.6 Å². The van der Waals surface area contributed by atoms with Gasteiger partial charge in [-0.2, -0.15) is 0 Å². The molecule has 19 heavy (non-hydrogen) atoms. The van der Waals surface area contributed by atoms with Gasteiger partial charge in [-0.05, 0) is 30.5 Å². The number of halogens is 3. The van der Waals surface area contributed by atoms with Crippen molar-refractivity contribution >= 4 is 17.4 Å². The van der Waals surface area contributed by atoms with E-state index in [1.54, 1.807) is 24.3 Å². The molecule has 1 saturated carbocycles. The van der Waals surface area contributed by atoms with Crippen molar-refractivity contribution in [3.63, 3.8) is 0 Å². The molecule has 2 rings (SSSR count). The third-order valence-electron chi connectivity index (χ3n) is 3.22. The third-order valence-corrected chi connectivity index (χ3v) is 3.45. The Balaban J connectivity index is 1.76. The molecule has 0 bridgehead atoms. The van der Waals surface area contributed by atoms with Crippen LogP contribution in [0.2, 0.25) is 5.02 Å². The van der Waals surface area contributed by atoms with Gasteiger partial charge in [-0.25, -0.2) is 8.78 Å². The van der Waals surface area contributed by atoms with Crippen molar-refractivity contribution < 1.29 is 18.3 Å². The summed E-state index contributed by atoms with van der Waals surface area (Å²) in [6.45, 7) is -0.0948. The maximum Gasteiger partial charge on any atom is 0.248 e. The summed E-state index contributed by atoms with van der Waals surface area (Å²) in [6.07, 6.45) is 0.280. The molecule has 0 saturated heterocycles. The summed E-state index contributed by atoms with van der Waals surface area (Å²) in [6, 6.07) is 6.73. The second kappa shape index (κ2) is 5.87. The van der Waals surface area contributed by atoms with Gasteiger partial charge in [0, 0.05) is 24.3 Å². The number of carbonyl (C=O) groups excluding carboxylic acids is 1. The fraction of sp³-hybridized carbons (Fsp3) is 0.500. The Hall–Kier alpha value is -1.16. The van der Waals surface area contributed by atoms with Gasteiger partial charge in [0.1, 0.15) is 12.4 Å². The molecule has 104 valence electrons. The summed E-state index contributed by atoms with van der Waals surface area (Å²) in [7, 11) is 0. The highest BCUT2D eigenvalue weighted by Gasteiger charge is 2.39. The first kappa shape index (κ1) is 14.3. The standard InChI is InChI=1S/C14H15ClF2O2/c15-11-2-1-3-13(7-11)19-9-12(18)6-10-4-5-14(16,17)8-10/h1-3,7,10H,4-6,8-9H2. The van der Waals surface area contributed by atoms with Crippen molar-refractivity contribution in [3.8, 4) is 5.75 Å². The average Bonchev–Trinajstić information content (AvgIpc) is 2.66. The number of ketones is 1. The number of rotatable bonds is 5. The van der Waals surface area contributed by atoms with Gasteiger partial charge >= 0.3 is 0 Å². The van der Waals surface area contributed by atoms with E-state index < -0.39 is 5.92 Å². The highest BCUT2D eigenvalue weighted by molar-refractivity contribution is 6.30. The number of Topliss-reactive ketones (excluding diaryl/α,β-unsaturated/α-hetero) is 1. The van der Waals surface area contributed by atoms with Gasteiger partial charge in [-0.3, -0.25) is 4.79 Å². The fourth-order valence-electron chi connectivity index (χ4n) is 2.32. The van der Waals surface area contributed by atoms with E-state index in [0.29, 0.717) is 17.2 Å². The molecule has 1 fully saturated rings. The van der Waals surface area contributed by atoms with E-state index >= 15 is 0 Å². The van der Waals surface area contributed by atoms with E-state index in [4.69, 9.17) is 16.3 Å². The van der Waals surface area contributed by atoms with Crippen LogP contribution in [0.5, 0.6) is 5.75 Å². The Labute approximate surface area is 115 Å². The van der Waals surface area contributed by atoms with Gasteiger partial charge in [0.05, 0.1) is 0 Å². The second-order valence-electron chi connectivity index (χ2n) is 4.95. The first-order chi connectivity index (χ1) is 8.94. The molecule has 1 aliphatic carbocycles. The largest absolute Gasteiger partial charge is 0.486 e. The minimum Gasteiger partial charge on any atom is -0.486 e. The summed E-state index contributed by atoms with van der Waals surface area (Å²) in [5.41, 5.74) is 0. The summed E-state index contributed by atoms with van der Waals surface area (Å²) in [5, 5.41) is 0.528. The fourth-order valence-corrected chi connectivity index (χ4v) is 2.50. The third kappa shape index (κ3) is 4.46. The summed E-state index contributed by atoms with van der Waals surface area (Å²) in [5.74, 6) is -2.45. The molecule has 0 N–H and O–H groups in total. The molecule has 0 radical (unpaired) electrons. The normalized spacial score (nSPS) is 21.3. The predicted octanol–water partition coefficient (Wildman–Crippen LogP) is 4.11. The number of benzene rings is 1. The first-order valence-corrected chi connectivity index (χ1v) is 6.60. The zero-order valence-corrected chi connectivity index (χ0v) is 11.1. The van der Waals surface area contributed by atoms with Gasteiger partial charge in [-0.1, -0.05) is 17.7 Å². The maximum atomic E-state index is 13.0. The van der Waals surface area contributed by atoms with Crippen molar-refractivity contribution in [3.05, 3.63) is 29.3 Å². The Morgan fingerprint density at radius 3 is 2.89 bits per heavy atom. The van der Waals surface area contributed by atoms with Crippen LogP contribution < -0.4 is 4.74 Å². The zero-order valence-electron chi connectivity index (χ0n) is 10.4. The molecule has 1 aromatic carbocycles. The summed E-state index contributed by atoms with van der Waals surface area (Å²) in [4.78, 5) is 11.7. The summed E-state index contributed by atoms with van der Waals surface area (Å²) >= 11 is 5.78. The minimum atomic E-state index is -2.60. The van der Waals surface area contributed by atoms with E-state index in [9.17, 15) is 13.6 Å². The molecule has 0 aliphatic heterocycles. The van der Waals surface area contributed by atoms with Crippen molar-refractivity contribution in [1.82, 2.24) is 0 Å². The van der Waals surface area contributed by atoms with Crippen LogP contribution in [0.25, 0.3) is 0 Å². The lowest BCUT2D eigenvalue weighted by atomic mass is 10.0. The van der Waals surface area contributed by atoms with Crippen molar-refractivity contribution in [2.24, 2.45) is 5.92 Å². The smallest absolute Gasteiger partial charge is 0.248 e.